The Morgan fingerprint density at radius 2 is 2.27 bits per heavy atom. The predicted molar refractivity (Wildman–Crippen MR) is 85.6 cm³/mol. The second-order valence-corrected chi connectivity index (χ2v) is 6.36. The van der Waals surface area contributed by atoms with Crippen LogP contribution in [-0.2, 0) is 15.3 Å². The fraction of sp³-hybridized carbons (Fsp3) is 0.857. The van der Waals surface area contributed by atoms with Crippen molar-refractivity contribution < 1.29 is 9.53 Å². The topological polar surface area (TPSA) is 81.9 Å². The van der Waals surface area contributed by atoms with Gasteiger partial charge in [0.1, 0.15) is 0 Å². The van der Waals surface area contributed by atoms with E-state index in [0.717, 1.165) is 31.7 Å². The van der Waals surface area contributed by atoms with Gasteiger partial charge in [0.05, 0.1) is 17.5 Å². The van der Waals surface area contributed by atoms with E-state index in [0.29, 0.717) is 30.7 Å². The van der Waals surface area contributed by atoms with Gasteiger partial charge in [-0.1, -0.05) is 12.8 Å². The SMILES string of the molecule is CCOCCCNC(=O)CSCc1nnnn1C1CCCC1. The smallest absolute Gasteiger partial charge is 0.230 e. The number of aromatic nitrogens is 4. The number of tetrazole rings is 1. The molecule has 0 aliphatic heterocycles. The summed E-state index contributed by atoms with van der Waals surface area (Å²) in [6.07, 6.45) is 5.67. The summed E-state index contributed by atoms with van der Waals surface area (Å²) in [5.41, 5.74) is 0. The molecule has 0 spiro atoms. The molecule has 1 aliphatic rings. The van der Waals surface area contributed by atoms with E-state index in [1.54, 1.807) is 11.8 Å². The first-order valence-corrected chi connectivity index (χ1v) is 9.15. The van der Waals surface area contributed by atoms with Crippen LogP contribution in [0.15, 0.2) is 0 Å². The van der Waals surface area contributed by atoms with Crippen molar-refractivity contribution in [2.75, 3.05) is 25.5 Å². The Labute approximate surface area is 135 Å². The van der Waals surface area contributed by atoms with Gasteiger partial charge in [-0.2, -0.15) is 0 Å². The number of nitrogens with zero attached hydrogens (tertiary/aromatic N) is 4. The Hall–Kier alpha value is -1.15. The van der Waals surface area contributed by atoms with Crippen LogP contribution in [0.4, 0.5) is 0 Å². The molecule has 0 atom stereocenters. The van der Waals surface area contributed by atoms with Crippen molar-refractivity contribution in [1.29, 1.82) is 0 Å². The molecule has 1 aliphatic carbocycles. The monoisotopic (exact) mass is 327 g/mol. The fourth-order valence-corrected chi connectivity index (χ4v) is 3.33. The molecule has 1 aromatic rings. The lowest BCUT2D eigenvalue weighted by molar-refractivity contribution is -0.118. The quantitative estimate of drug-likeness (QED) is 0.657. The minimum absolute atomic E-state index is 0.0568. The number of rotatable bonds is 10. The molecule has 1 amide bonds. The molecule has 1 heterocycles. The van der Waals surface area contributed by atoms with Gasteiger partial charge in [-0.15, -0.1) is 16.9 Å². The van der Waals surface area contributed by atoms with Crippen LogP contribution in [0, 0.1) is 0 Å². The second-order valence-electron chi connectivity index (χ2n) is 5.37. The Balaban J connectivity index is 1.62. The number of carbonyl (C=O) groups excluding carboxylic acids is 1. The van der Waals surface area contributed by atoms with Gasteiger partial charge in [0.2, 0.25) is 5.91 Å². The van der Waals surface area contributed by atoms with E-state index in [1.165, 1.54) is 12.8 Å². The zero-order chi connectivity index (χ0) is 15.6. The summed E-state index contributed by atoms with van der Waals surface area (Å²) in [5, 5.41) is 14.9. The molecule has 0 radical (unpaired) electrons. The molecule has 22 heavy (non-hydrogen) atoms. The van der Waals surface area contributed by atoms with E-state index in [9.17, 15) is 4.79 Å². The average molecular weight is 327 g/mol. The standard InChI is InChI=1S/C14H25N5O2S/c1-2-21-9-5-8-15-14(20)11-22-10-13-16-17-18-19(13)12-6-3-4-7-12/h12H,2-11H2,1H3,(H,15,20). The number of nitrogens with one attached hydrogen (secondary N) is 1. The van der Waals surface area contributed by atoms with Crippen LogP contribution in [-0.4, -0.2) is 51.6 Å². The number of amides is 1. The van der Waals surface area contributed by atoms with Crippen LogP contribution in [0.1, 0.15) is 50.9 Å². The summed E-state index contributed by atoms with van der Waals surface area (Å²) >= 11 is 1.55. The number of hydrogen-bond acceptors (Lipinski definition) is 6. The van der Waals surface area contributed by atoms with Crippen LogP contribution < -0.4 is 5.32 Å². The first-order valence-electron chi connectivity index (χ1n) is 8.00. The minimum Gasteiger partial charge on any atom is -0.382 e. The van der Waals surface area contributed by atoms with Crippen LogP contribution in [0.3, 0.4) is 0 Å². The molecule has 1 fully saturated rings. The summed E-state index contributed by atoms with van der Waals surface area (Å²) in [6.45, 7) is 4.05. The first-order chi connectivity index (χ1) is 10.8. The number of thioether (sulfide) groups is 1. The average Bonchev–Trinajstić information content (AvgIpc) is 3.17. The molecule has 124 valence electrons. The number of carbonyl (C=O) groups is 1. The van der Waals surface area contributed by atoms with Crippen molar-refractivity contribution in [1.82, 2.24) is 25.5 Å². The highest BCUT2D eigenvalue weighted by atomic mass is 32.2. The lowest BCUT2D eigenvalue weighted by Gasteiger charge is -2.11. The minimum atomic E-state index is 0.0568. The molecule has 0 bridgehead atoms. The van der Waals surface area contributed by atoms with E-state index in [2.05, 4.69) is 20.8 Å². The van der Waals surface area contributed by atoms with Crippen molar-refractivity contribution >= 4 is 17.7 Å². The molecule has 1 aromatic heterocycles. The molecular weight excluding hydrogens is 302 g/mol. The third-order valence-electron chi connectivity index (χ3n) is 3.69. The Kier molecular flexibility index (Phi) is 7.65. The van der Waals surface area contributed by atoms with Crippen molar-refractivity contribution in [3.63, 3.8) is 0 Å². The lowest BCUT2D eigenvalue weighted by atomic mass is 10.2. The van der Waals surface area contributed by atoms with Crippen molar-refractivity contribution in [3.05, 3.63) is 5.82 Å². The third kappa shape index (κ3) is 5.57. The molecule has 2 rings (SSSR count). The van der Waals surface area contributed by atoms with Crippen molar-refractivity contribution in [2.24, 2.45) is 0 Å². The van der Waals surface area contributed by atoms with Gasteiger partial charge >= 0.3 is 0 Å². The van der Waals surface area contributed by atoms with Gasteiger partial charge < -0.3 is 10.1 Å². The van der Waals surface area contributed by atoms with Gasteiger partial charge in [0.15, 0.2) is 5.82 Å². The molecule has 0 aromatic carbocycles. The molecule has 1 N–H and O–H groups in total. The number of ether oxygens (including phenoxy) is 1. The van der Waals surface area contributed by atoms with Gasteiger partial charge in [-0.3, -0.25) is 4.79 Å². The van der Waals surface area contributed by atoms with Gasteiger partial charge in [0, 0.05) is 19.8 Å². The summed E-state index contributed by atoms with van der Waals surface area (Å²) < 4.78 is 7.17. The third-order valence-corrected chi connectivity index (χ3v) is 4.62. The van der Waals surface area contributed by atoms with E-state index in [-0.39, 0.29) is 5.91 Å². The van der Waals surface area contributed by atoms with Crippen molar-refractivity contribution in [3.8, 4) is 0 Å². The summed E-state index contributed by atoms with van der Waals surface area (Å²) in [7, 11) is 0. The lowest BCUT2D eigenvalue weighted by Crippen LogP contribution is -2.27. The first kappa shape index (κ1) is 17.2. The van der Waals surface area contributed by atoms with Crippen LogP contribution in [0.2, 0.25) is 0 Å². The fourth-order valence-electron chi connectivity index (χ4n) is 2.57. The summed E-state index contributed by atoms with van der Waals surface area (Å²) in [5.74, 6) is 2.05. The Morgan fingerprint density at radius 1 is 1.45 bits per heavy atom. The van der Waals surface area contributed by atoms with Gasteiger partial charge in [0.25, 0.3) is 0 Å². The molecule has 7 nitrogen and oxygen atoms in total. The van der Waals surface area contributed by atoms with Crippen LogP contribution in [0.5, 0.6) is 0 Å². The summed E-state index contributed by atoms with van der Waals surface area (Å²) in [6, 6.07) is 0.443. The second kappa shape index (κ2) is 9.78. The maximum absolute atomic E-state index is 11.7. The molecule has 8 heteroatoms. The zero-order valence-corrected chi connectivity index (χ0v) is 14.0. The van der Waals surface area contributed by atoms with E-state index in [1.807, 2.05) is 11.6 Å². The zero-order valence-electron chi connectivity index (χ0n) is 13.2. The van der Waals surface area contributed by atoms with Gasteiger partial charge in [-0.05, 0) is 36.6 Å². The Bertz CT molecular complexity index is 448. The Morgan fingerprint density at radius 3 is 3.05 bits per heavy atom. The highest BCUT2D eigenvalue weighted by molar-refractivity contribution is 7.99. The molecule has 1 saturated carbocycles. The van der Waals surface area contributed by atoms with E-state index in [4.69, 9.17) is 4.74 Å². The largest absolute Gasteiger partial charge is 0.382 e. The van der Waals surface area contributed by atoms with E-state index >= 15 is 0 Å². The maximum Gasteiger partial charge on any atom is 0.230 e. The van der Waals surface area contributed by atoms with Crippen LogP contribution >= 0.6 is 11.8 Å². The highest BCUT2D eigenvalue weighted by Crippen LogP contribution is 2.29. The normalized spacial score (nSPS) is 15.3. The predicted octanol–water partition coefficient (Wildman–Crippen LogP) is 1.56. The van der Waals surface area contributed by atoms with E-state index < -0.39 is 0 Å². The van der Waals surface area contributed by atoms with Crippen molar-refractivity contribution in [2.45, 2.75) is 50.8 Å². The molecular formula is C14H25N5O2S. The molecule has 0 unspecified atom stereocenters. The number of hydrogen-bond donors (Lipinski definition) is 1. The molecule has 0 saturated heterocycles. The van der Waals surface area contributed by atoms with Gasteiger partial charge in [-0.25, -0.2) is 4.68 Å². The summed E-state index contributed by atoms with van der Waals surface area (Å²) in [4.78, 5) is 11.7. The highest BCUT2D eigenvalue weighted by Gasteiger charge is 2.21. The maximum atomic E-state index is 11.7. The van der Waals surface area contributed by atoms with Crippen LogP contribution in [0.25, 0.3) is 0 Å².